The SMILES string of the molecule is CN(CCF)c1nc2c(C(N)=O)[c]ccn2n1. The number of fused-ring (bicyclic) bond motifs is 1. The van der Waals surface area contributed by atoms with E-state index in [9.17, 15) is 9.18 Å². The third kappa shape index (κ3) is 2.03. The second-order valence-corrected chi connectivity index (χ2v) is 3.49. The van der Waals surface area contributed by atoms with Crippen LogP contribution in [0.3, 0.4) is 0 Å². The van der Waals surface area contributed by atoms with Crippen LogP contribution < -0.4 is 10.6 Å². The van der Waals surface area contributed by atoms with E-state index in [0.29, 0.717) is 11.6 Å². The van der Waals surface area contributed by atoms with Crippen molar-refractivity contribution in [3.05, 3.63) is 23.9 Å². The number of amides is 1. The molecule has 0 fully saturated rings. The lowest BCUT2D eigenvalue weighted by Crippen LogP contribution is -2.21. The van der Waals surface area contributed by atoms with E-state index in [1.165, 1.54) is 10.6 Å². The number of nitrogens with zero attached hydrogens (tertiary/aromatic N) is 4. The summed E-state index contributed by atoms with van der Waals surface area (Å²) in [5.74, 6) is -0.285. The first-order chi connectivity index (χ1) is 8.13. The summed E-state index contributed by atoms with van der Waals surface area (Å²) in [5.41, 5.74) is 5.69. The average Bonchev–Trinajstić information content (AvgIpc) is 2.72. The summed E-state index contributed by atoms with van der Waals surface area (Å²) < 4.78 is 13.6. The zero-order valence-corrected chi connectivity index (χ0v) is 9.22. The Labute approximate surface area is 96.8 Å². The Morgan fingerprint density at radius 2 is 2.47 bits per heavy atom. The lowest BCUT2D eigenvalue weighted by molar-refractivity contribution is 0.100. The minimum Gasteiger partial charge on any atom is -0.365 e. The van der Waals surface area contributed by atoms with Crippen LogP contribution in [0.5, 0.6) is 0 Å². The number of carbonyl (C=O) groups is 1. The van der Waals surface area contributed by atoms with Crippen molar-refractivity contribution in [1.82, 2.24) is 14.6 Å². The number of hydrogen-bond acceptors (Lipinski definition) is 4. The highest BCUT2D eigenvalue weighted by atomic mass is 19.1. The lowest BCUT2D eigenvalue weighted by atomic mass is 10.2. The van der Waals surface area contributed by atoms with Crippen LogP contribution in [0.25, 0.3) is 5.65 Å². The van der Waals surface area contributed by atoms with Crippen molar-refractivity contribution in [2.45, 2.75) is 0 Å². The summed E-state index contributed by atoms with van der Waals surface area (Å²) in [6, 6.07) is 4.23. The van der Waals surface area contributed by atoms with Crippen molar-refractivity contribution in [3.8, 4) is 0 Å². The number of nitrogens with two attached hydrogens (primary N) is 1. The maximum Gasteiger partial charge on any atom is 0.253 e. The first-order valence-corrected chi connectivity index (χ1v) is 4.97. The number of halogens is 1. The zero-order valence-electron chi connectivity index (χ0n) is 9.22. The molecule has 0 saturated heterocycles. The number of aromatic nitrogens is 3. The van der Waals surface area contributed by atoms with Crippen molar-refractivity contribution in [3.63, 3.8) is 0 Å². The molecule has 17 heavy (non-hydrogen) atoms. The Balaban J connectivity index is 2.50. The molecule has 2 heterocycles. The largest absolute Gasteiger partial charge is 0.365 e. The predicted octanol–water partition coefficient (Wildman–Crippen LogP) is 0.0341. The van der Waals surface area contributed by atoms with Crippen molar-refractivity contribution in [1.29, 1.82) is 0 Å². The first-order valence-electron chi connectivity index (χ1n) is 4.97. The van der Waals surface area contributed by atoms with Gasteiger partial charge in [-0.05, 0) is 6.07 Å². The van der Waals surface area contributed by atoms with Gasteiger partial charge in [0, 0.05) is 25.9 Å². The normalized spacial score (nSPS) is 10.7. The quantitative estimate of drug-likeness (QED) is 0.812. The molecule has 1 amide bonds. The smallest absolute Gasteiger partial charge is 0.253 e. The van der Waals surface area contributed by atoms with Gasteiger partial charge in [0.15, 0.2) is 5.65 Å². The summed E-state index contributed by atoms with van der Waals surface area (Å²) in [5, 5.41) is 4.11. The molecule has 89 valence electrons. The highest BCUT2D eigenvalue weighted by molar-refractivity contribution is 5.98. The molecule has 2 rings (SSSR count). The molecule has 0 bridgehead atoms. The third-order valence-electron chi connectivity index (χ3n) is 2.29. The Bertz CT molecular complexity index is 553. The van der Waals surface area contributed by atoms with Crippen LogP contribution in [-0.4, -0.2) is 40.8 Å². The zero-order chi connectivity index (χ0) is 12.4. The summed E-state index contributed by atoms with van der Waals surface area (Å²) in [7, 11) is 1.67. The fraction of sp³-hybridized carbons (Fsp3) is 0.300. The highest BCUT2D eigenvalue weighted by Crippen LogP contribution is 2.12. The number of primary amides is 1. The van der Waals surface area contributed by atoms with Crippen LogP contribution >= 0.6 is 0 Å². The summed E-state index contributed by atoms with van der Waals surface area (Å²) >= 11 is 0. The molecule has 0 aromatic carbocycles. The van der Waals surface area contributed by atoms with Crippen LogP contribution in [0.2, 0.25) is 0 Å². The Kier molecular flexibility index (Phi) is 2.90. The second kappa shape index (κ2) is 4.36. The van der Waals surface area contributed by atoms with E-state index in [2.05, 4.69) is 16.1 Å². The molecule has 0 saturated carbocycles. The van der Waals surface area contributed by atoms with Crippen LogP contribution in [-0.2, 0) is 0 Å². The lowest BCUT2D eigenvalue weighted by Gasteiger charge is -2.10. The van der Waals surface area contributed by atoms with Crippen molar-refractivity contribution < 1.29 is 9.18 Å². The third-order valence-corrected chi connectivity index (χ3v) is 2.29. The predicted molar refractivity (Wildman–Crippen MR) is 59.6 cm³/mol. The van der Waals surface area contributed by atoms with Gasteiger partial charge in [0.1, 0.15) is 6.67 Å². The fourth-order valence-corrected chi connectivity index (χ4v) is 1.41. The Hall–Kier alpha value is -2.18. The molecule has 2 aromatic rings. The maximum absolute atomic E-state index is 12.2. The van der Waals surface area contributed by atoms with E-state index in [0.717, 1.165) is 0 Å². The van der Waals surface area contributed by atoms with Crippen molar-refractivity contribution in [2.24, 2.45) is 5.73 Å². The molecule has 0 unspecified atom stereocenters. The maximum atomic E-state index is 12.2. The number of carbonyl (C=O) groups excluding carboxylic acids is 1. The molecule has 0 aliphatic rings. The van der Waals surface area contributed by atoms with E-state index < -0.39 is 12.6 Å². The molecule has 0 spiro atoms. The van der Waals surface area contributed by atoms with Gasteiger partial charge in [-0.25, -0.2) is 8.91 Å². The van der Waals surface area contributed by atoms with Gasteiger partial charge in [-0.3, -0.25) is 4.79 Å². The van der Waals surface area contributed by atoms with Gasteiger partial charge in [-0.15, -0.1) is 5.10 Å². The minimum absolute atomic E-state index is 0.167. The van der Waals surface area contributed by atoms with Crippen LogP contribution in [0.1, 0.15) is 10.4 Å². The van der Waals surface area contributed by atoms with E-state index >= 15 is 0 Å². The Morgan fingerprint density at radius 1 is 1.71 bits per heavy atom. The van der Waals surface area contributed by atoms with Crippen molar-refractivity contribution in [2.75, 3.05) is 25.2 Å². The number of hydrogen-bond donors (Lipinski definition) is 1. The molecule has 2 aromatic heterocycles. The van der Waals surface area contributed by atoms with E-state index in [1.807, 2.05) is 0 Å². The number of anilines is 1. The molecular formula is C10H11FN5O. The van der Waals surface area contributed by atoms with E-state index in [-0.39, 0.29) is 12.1 Å². The van der Waals surface area contributed by atoms with E-state index in [4.69, 9.17) is 5.73 Å². The topological polar surface area (TPSA) is 76.5 Å². The standard InChI is InChI=1S/C10H11FN5O/c1-15(6-4-11)10-13-9-7(8(12)17)3-2-5-16(9)14-10/h2,5H,4,6H2,1H3,(H2,12,17). The minimum atomic E-state index is -0.623. The average molecular weight is 236 g/mol. The van der Waals surface area contributed by atoms with Crippen LogP contribution in [0.15, 0.2) is 12.3 Å². The fourth-order valence-electron chi connectivity index (χ4n) is 1.41. The molecule has 2 N–H and O–H groups in total. The van der Waals surface area contributed by atoms with Gasteiger partial charge in [-0.1, -0.05) is 0 Å². The molecular weight excluding hydrogens is 225 g/mol. The van der Waals surface area contributed by atoms with Gasteiger partial charge in [0.2, 0.25) is 5.95 Å². The molecule has 0 aliphatic heterocycles. The summed E-state index contributed by atoms with van der Waals surface area (Å²) in [6.45, 7) is -0.312. The highest BCUT2D eigenvalue weighted by Gasteiger charge is 2.13. The van der Waals surface area contributed by atoms with Gasteiger partial charge in [0.25, 0.3) is 5.91 Å². The number of alkyl halides is 1. The summed E-state index contributed by atoms with van der Waals surface area (Å²) in [6.07, 6.45) is 1.60. The van der Waals surface area contributed by atoms with Crippen LogP contribution in [0, 0.1) is 6.07 Å². The van der Waals surface area contributed by atoms with Gasteiger partial charge >= 0.3 is 0 Å². The van der Waals surface area contributed by atoms with E-state index in [1.54, 1.807) is 18.1 Å². The molecule has 7 heteroatoms. The second-order valence-electron chi connectivity index (χ2n) is 3.49. The van der Waals surface area contributed by atoms with Crippen molar-refractivity contribution >= 4 is 17.5 Å². The molecule has 0 atom stereocenters. The molecule has 6 nitrogen and oxygen atoms in total. The first kappa shape index (κ1) is 11.3. The molecule has 0 aliphatic carbocycles. The van der Waals surface area contributed by atoms with Crippen LogP contribution in [0.4, 0.5) is 10.3 Å². The number of rotatable bonds is 4. The summed E-state index contributed by atoms with van der Waals surface area (Å²) in [4.78, 5) is 16.8. The van der Waals surface area contributed by atoms with Gasteiger partial charge < -0.3 is 10.6 Å². The molecule has 1 radical (unpaired) electrons. The Morgan fingerprint density at radius 3 is 3.12 bits per heavy atom. The van der Waals surface area contributed by atoms with Gasteiger partial charge in [-0.2, -0.15) is 4.98 Å². The van der Waals surface area contributed by atoms with Gasteiger partial charge in [0.05, 0.1) is 5.56 Å². The number of pyridine rings is 1. The monoisotopic (exact) mass is 236 g/mol.